The van der Waals surface area contributed by atoms with Gasteiger partial charge in [-0.05, 0) is 24.3 Å². The Morgan fingerprint density at radius 3 is 2.62 bits per heavy atom. The topological polar surface area (TPSA) is 20.2 Å². The van der Waals surface area contributed by atoms with Crippen LogP contribution in [0.3, 0.4) is 0 Å². The molecule has 76 valence electrons. The summed E-state index contributed by atoms with van der Waals surface area (Å²) in [4.78, 5) is 0. The molecule has 1 N–H and O–H groups in total. The van der Waals surface area contributed by atoms with Gasteiger partial charge in [0.05, 0.1) is 6.10 Å². The highest BCUT2D eigenvalue weighted by Gasteiger charge is 2.12. The van der Waals surface area contributed by atoms with Crippen LogP contribution in [0, 0.1) is 5.92 Å². The SMILES string of the molecule is CC[C@H](O)[C@@H](C)C=C1SCCCS1. The molecule has 0 radical (unpaired) electrons. The third kappa shape index (κ3) is 3.96. The maximum atomic E-state index is 9.59. The van der Waals surface area contributed by atoms with Gasteiger partial charge in [-0.25, -0.2) is 0 Å². The zero-order valence-corrected chi connectivity index (χ0v) is 9.96. The molecule has 0 spiro atoms. The van der Waals surface area contributed by atoms with E-state index in [1.807, 2.05) is 30.4 Å². The molecule has 0 aromatic heterocycles. The highest BCUT2D eigenvalue weighted by atomic mass is 32.2. The van der Waals surface area contributed by atoms with Gasteiger partial charge in [0.2, 0.25) is 0 Å². The standard InChI is InChI=1S/C10H18OS2/c1-3-9(11)8(2)7-10-12-5-4-6-13-10/h7-9,11H,3-6H2,1-2H3/t8-,9-/m0/s1. The van der Waals surface area contributed by atoms with E-state index in [-0.39, 0.29) is 6.10 Å². The second-order valence-corrected chi connectivity index (χ2v) is 5.90. The smallest absolute Gasteiger partial charge is 0.0598 e. The average Bonchev–Trinajstić information content (AvgIpc) is 2.18. The fraction of sp³-hybridized carbons (Fsp3) is 0.800. The summed E-state index contributed by atoms with van der Waals surface area (Å²) in [5.41, 5.74) is 0. The molecular weight excluding hydrogens is 200 g/mol. The molecule has 3 heteroatoms. The van der Waals surface area contributed by atoms with Crippen molar-refractivity contribution in [2.75, 3.05) is 11.5 Å². The van der Waals surface area contributed by atoms with Crippen LogP contribution in [0.5, 0.6) is 0 Å². The molecular formula is C10H18OS2. The number of rotatable bonds is 3. The molecule has 0 bridgehead atoms. The van der Waals surface area contributed by atoms with E-state index in [9.17, 15) is 5.11 Å². The zero-order valence-electron chi connectivity index (χ0n) is 8.32. The van der Waals surface area contributed by atoms with Gasteiger partial charge in [0, 0.05) is 10.2 Å². The molecule has 1 heterocycles. The van der Waals surface area contributed by atoms with E-state index in [4.69, 9.17) is 0 Å². The lowest BCUT2D eigenvalue weighted by molar-refractivity contribution is 0.134. The summed E-state index contributed by atoms with van der Waals surface area (Å²) < 4.78 is 1.41. The fourth-order valence-corrected chi connectivity index (χ4v) is 3.86. The summed E-state index contributed by atoms with van der Waals surface area (Å²) >= 11 is 3.86. The van der Waals surface area contributed by atoms with Crippen LogP contribution in [-0.4, -0.2) is 22.7 Å². The van der Waals surface area contributed by atoms with E-state index in [1.165, 1.54) is 22.2 Å². The molecule has 2 atom stereocenters. The molecule has 0 saturated carbocycles. The Morgan fingerprint density at radius 1 is 1.46 bits per heavy atom. The monoisotopic (exact) mass is 218 g/mol. The molecule has 0 aromatic rings. The van der Waals surface area contributed by atoms with Crippen LogP contribution >= 0.6 is 23.5 Å². The number of hydrogen-bond donors (Lipinski definition) is 1. The maximum absolute atomic E-state index is 9.59. The van der Waals surface area contributed by atoms with Crippen molar-refractivity contribution in [2.45, 2.75) is 32.8 Å². The summed E-state index contributed by atoms with van der Waals surface area (Å²) in [6.45, 7) is 4.12. The minimum absolute atomic E-state index is 0.171. The predicted octanol–water partition coefficient (Wildman–Crippen LogP) is 3.10. The van der Waals surface area contributed by atoms with Gasteiger partial charge in [-0.15, -0.1) is 23.5 Å². The van der Waals surface area contributed by atoms with Gasteiger partial charge in [0.25, 0.3) is 0 Å². The lowest BCUT2D eigenvalue weighted by atomic mass is 10.0. The van der Waals surface area contributed by atoms with Crippen LogP contribution in [-0.2, 0) is 0 Å². The number of hydrogen-bond acceptors (Lipinski definition) is 3. The van der Waals surface area contributed by atoms with Crippen LogP contribution in [0.15, 0.2) is 10.3 Å². The van der Waals surface area contributed by atoms with Crippen molar-refractivity contribution in [3.63, 3.8) is 0 Å². The van der Waals surface area contributed by atoms with Gasteiger partial charge in [-0.3, -0.25) is 0 Å². The van der Waals surface area contributed by atoms with Crippen LogP contribution in [0.25, 0.3) is 0 Å². The van der Waals surface area contributed by atoms with Crippen molar-refractivity contribution in [2.24, 2.45) is 5.92 Å². The number of thioether (sulfide) groups is 2. The lowest BCUT2D eigenvalue weighted by Crippen LogP contribution is -2.14. The Kier molecular flexibility index (Phi) is 5.29. The van der Waals surface area contributed by atoms with E-state index < -0.39 is 0 Å². The van der Waals surface area contributed by atoms with E-state index >= 15 is 0 Å². The van der Waals surface area contributed by atoms with Crippen LogP contribution in [0.4, 0.5) is 0 Å². The second kappa shape index (κ2) is 5.99. The Bertz CT molecular complexity index is 172. The first kappa shape index (κ1) is 11.5. The van der Waals surface area contributed by atoms with E-state index in [0.29, 0.717) is 5.92 Å². The van der Waals surface area contributed by atoms with Crippen molar-refractivity contribution in [3.8, 4) is 0 Å². The Hall–Kier alpha value is 0.400. The van der Waals surface area contributed by atoms with Crippen molar-refractivity contribution in [1.29, 1.82) is 0 Å². The molecule has 0 unspecified atom stereocenters. The van der Waals surface area contributed by atoms with Crippen molar-refractivity contribution in [3.05, 3.63) is 10.3 Å². The minimum atomic E-state index is -0.171. The van der Waals surface area contributed by atoms with Gasteiger partial charge in [-0.2, -0.15) is 0 Å². The molecule has 1 rings (SSSR count). The van der Waals surface area contributed by atoms with Gasteiger partial charge >= 0.3 is 0 Å². The van der Waals surface area contributed by atoms with Crippen molar-refractivity contribution in [1.82, 2.24) is 0 Å². The van der Waals surface area contributed by atoms with Crippen molar-refractivity contribution < 1.29 is 5.11 Å². The number of aliphatic hydroxyl groups excluding tert-OH is 1. The Labute approximate surface area is 89.4 Å². The maximum Gasteiger partial charge on any atom is 0.0598 e. The van der Waals surface area contributed by atoms with E-state index in [0.717, 1.165) is 6.42 Å². The molecule has 13 heavy (non-hydrogen) atoms. The summed E-state index contributed by atoms with van der Waals surface area (Å²) in [6, 6.07) is 0. The highest BCUT2D eigenvalue weighted by Crippen LogP contribution is 2.35. The normalized spacial score (nSPS) is 22.5. The summed E-state index contributed by atoms with van der Waals surface area (Å²) in [5.74, 6) is 2.79. The quantitative estimate of drug-likeness (QED) is 0.786. The van der Waals surface area contributed by atoms with Gasteiger partial charge in [0.1, 0.15) is 0 Å². The van der Waals surface area contributed by atoms with Gasteiger partial charge < -0.3 is 5.11 Å². The van der Waals surface area contributed by atoms with Crippen LogP contribution < -0.4 is 0 Å². The first-order valence-corrected chi connectivity index (χ1v) is 6.86. The molecule has 1 saturated heterocycles. The molecule has 1 fully saturated rings. The third-order valence-electron chi connectivity index (χ3n) is 2.20. The minimum Gasteiger partial charge on any atom is -0.393 e. The molecule has 0 amide bonds. The first-order chi connectivity index (χ1) is 6.24. The van der Waals surface area contributed by atoms with E-state index in [1.54, 1.807) is 0 Å². The predicted molar refractivity (Wildman–Crippen MR) is 63.1 cm³/mol. The lowest BCUT2D eigenvalue weighted by Gasteiger charge is -2.17. The molecule has 1 nitrogen and oxygen atoms in total. The Balaban J connectivity index is 2.42. The molecule has 0 aromatic carbocycles. The molecule has 1 aliphatic heterocycles. The summed E-state index contributed by atoms with van der Waals surface area (Å²) in [6.07, 6.45) is 4.22. The Morgan fingerprint density at radius 2 is 2.08 bits per heavy atom. The third-order valence-corrected chi connectivity index (χ3v) is 4.74. The molecule has 1 aliphatic rings. The summed E-state index contributed by atoms with van der Waals surface area (Å²) in [7, 11) is 0. The second-order valence-electron chi connectivity index (χ2n) is 3.37. The first-order valence-electron chi connectivity index (χ1n) is 4.89. The summed E-state index contributed by atoms with van der Waals surface area (Å²) in [5, 5.41) is 9.59. The average molecular weight is 218 g/mol. The zero-order chi connectivity index (χ0) is 9.68. The van der Waals surface area contributed by atoms with E-state index in [2.05, 4.69) is 13.0 Å². The van der Waals surface area contributed by atoms with Gasteiger partial charge in [-0.1, -0.05) is 19.9 Å². The number of aliphatic hydroxyl groups is 1. The fourth-order valence-electron chi connectivity index (χ4n) is 1.24. The van der Waals surface area contributed by atoms with Gasteiger partial charge in [0.15, 0.2) is 0 Å². The van der Waals surface area contributed by atoms with Crippen LogP contribution in [0.1, 0.15) is 26.7 Å². The highest BCUT2D eigenvalue weighted by molar-refractivity contribution is 8.22. The molecule has 0 aliphatic carbocycles. The van der Waals surface area contributed by atoms with Crippen molar-refractivity contribution >= 4 is 23.5 Å². The van der Waals surface area contributed by atoms with Crippen LogP contribution in [0.2, 0.25) is 0 Å². The largest absolute Gasteiger partial charge is 0.393 e.